The Morgan fingerprint density at radius 3 is 2.50 bits per heavy atom. The zero-order chi connectivity index (χ0) is 13.9. The monoisotopic (exact) mass is 297 g/mol. The molecule has 0 saturated heterocycles. The lowest BCUT2D eigenvalue weighted by atomic mass is 10.1. The molecule has 1 rings (SSSR count). The normalized spacial score (nSPS) is 11.3. The van der Waals surface area contributed by atoms with Gasteiger partial charge in [-0.05, 0) is 6.07 Å². The topological polar surface area (TPSA) is 87.4 Å². The van der Waals surface area contributed by atoms with E-state index in [2.05, 4.69) is 4.74 Å². The van der Waals surface area contributed by atoms with E-state index in [-0.39, 0.29) is 11.1 Å². The van der Waals surface area contributed by atoms with Crippen LogP contribution >= 0.6 is 10.7 Å². The van der Waals surface area contributed by atoms with Crippen LogP contribution in [0.25, 0.3) is 0 Å². The standard InChI is InChI=1S/C9H6ClF2NO4S/c10-18(15,16)6-1-5(4-14)7(3-13)8(2-6)17-9(11)12/h1-2,9,14H,4H2. The fraction of sp³-hybridized carbons (Fsp3) is 0.222. The fourth-order valence-electron chi connectivity index (χ4n) is 1.23. The summed E-state index contributed by atoms with van der Waals surface area (Å²) in [6, 6.07) is 3.16. The summed E-state index contributed by atoms with van der Waals surface area (Å²) in [5, 5.41) is 17.7. The third kappa shape index (κ3) is 3.29. The molecular formula is C9H6ClF2NO4S. The molecule has 0 heterocycles. The van der Waals surface area contributed by atoms with Crippen LogP contribution in [0.4, 0.5) is 8.78 Å². The number of hydrogen-bond donors (Lipinski definition) is 1. The molecule has 98 valence electrons. The minimum absolute atomic E-state index is 0.171. The molecule has 0 radical (unpaired) electrons. The second-order valence-corrected chi connectivity index (χ2v) is 5.61. The molecular weight excluding hydrogens is 292 g/mol. The van der Waals surface area contributed by atoms with Gasteiger partial charge in [0.2, 0.25) is 0 Å². The zero-order valence-electron chi connectivity index (χ0n) is 8.60. The van der Waals surface area contributed by atoms with Crippen LogP contribution in [0.1, 0.15) is 11.1 Å². The van der Waals surface area contributed by atoms with Gasteiger partial charge in [-0.25, -0.2) is 8.42 Å². The number of aliphatic hydroxyl groups excluding tert-OH is 1. The Morgan fingerprint density at radius 2 is 2.11 bits per heavy atom. The van der Waals surface area contributed by atoms with Gasteiger partial charge in [0.05, 0.1) is 17.1 Å². The molecule has 0 bridgehead atoms. The van der Waals surface area contributed by atoms with Crippen molar-refractivity contribution in [1.29, 1.82) is 5.26 Å². The number of rotatable bonds is 4. The van der Waals surface area contributed by atoms with Crippen LogP contribution in [0.15, 0.2) is 17.0 Å². The fourth-order valence-corrected chi connectivity index (χ4v) is 2.02. The number of benzene rings is 1. The predicted octanol–water partition coefficient (Wildman–Crippen LogP) is 1.58. The van der Waals surface area contributed by atoms with Crippen molar-refractivity contribution in [2.75, 3.05) is 0 Å². The maximum atomic E-state index is 12.1. The Hall–Kier alpha value is -1.43. The minimum Gasteiger partial charge on any atom is -0.433 e. The van der Waals surface area contributed by atoms with Crippen LogP contribution in [-0.4, -0.2) is 20.1 Å². The summed E-state index contributed by atoms with van der Waals surface area (Å²) >= 11 is 0. The molecule has 0 unspecified atom stereocenters. The molecule has 0 aliphatic carbocycles. The summed E-state index contributed by atoms with van der Waals surface area (Å²) < 4.78 is 50.5. The van der Waals surface area contributed by atoms with Crippen LogP contribution in [0.3, 0.4) is 0 Å². The quantitative estimate of drug-likeness (QED) is 0.853. The van der Waals surface area contributed by atoms with Crippen molar-refractivity contribution in [3.05, 3.63) is 23.3 Å². The van der Waals surface area contributed by atoms with Crippen LogP contribution in [-0.2, 0) is 15.7 Å². The highest BCUT2D eigenvalue weighted by Crippen LogP contribution is 2.29. The van der Waals surface area contributed by atoms with Crippen LogP contribution < -0.4 is 4.74 Å². The van der Waals surface area contributed by atoms with Gasteiger partial charge < -0.3 is 9.84 Å². The van der Waals surface area contributed by atoms with E-state index in [9.17, 15) is 17.2 Å². The van der Waals surface area contributed by atoms with Crippen molar-refractivity contribution in [2.45, 2.75) is 18.1 Å². The number of ether oxygens (including phenoxy) is 1. The highest BCUT2D eigenvalue weighted by molar-refractivity contribution is 8.13. The zero-order valence-corrected chi connectivity index (χ0v) is 10.2. The summed E-state index contributed by atoms with van der Waals surface area (Å²) in [5.41, 5.74) is -0.545. The van der Waals surface area contributed by atoms with Crippen LogP contribution in [0.5, 0.6) is 5.75 Å². The van der Waals surface area contributed by atoms with Gasteiger partial charge in [0.25, 0.3) is 9.05 Å². The average Bonchev–Trinajstić information content (AvgIpc) is 2.25. The van der Waals surface area contributed by atoms with Gasteiger partial charge in [0.15, 0.2) is 0 Å². The van der Waals surface area contributed by atoms with Crippen molar-refractivity contribution in [2.24, 2.45) is 0 Å². The van der Waals surface area contributed by atoms with Crippen molar-refractivity contribution < 1.29 is 27.0 Å². The Balaban J connectivity index is 3.52. The van der Waals surface area contributed by atoms with E-state index in [4.69, 9.17) is 21.1 Å². The first kappa shape index (κ1) is 14.6. The van der Waals surface area contributed by atoms with Crippen molar-refractivity contribution in [3.63, 3.8) is 0 Å². The first-order valence-corrected chi connectivity index (χ1v) is 6.68. The van der Waals surface area contributed by atoms with Crippen LogP contribution in [0.2, 0.25) is 0 Å². The molecule has 1 N–H and O–H groups in total. The highest BCUT2D eigenvalue weighted by Gasteiger charge is 2.20. The molecule has 0 amide bonds. The summed E-state index contributed by atoms with van der Waals surface area (Å²) in [6.45, 7) is -3.96. The molecule has 5 nitrogen and oxygen atoms in total. The molecule has 1 aromatic rings. The lowest BCUT2D eigenvalue weighted by molar-refractivity contribution is -0.0502. The smallest absolute Gasteiger partial charge is 0.387 e. The molecule has 0 spiro atoms. The molecule has 9 heteroatoms. The maximum absolute atomic E-state index is 12.1. The van der Waals surface area contributed by atoms with Crippen molar-refractivity contribution in [3.8, 4) is 11.8 Å². The molecule has 0 aliphatic rings. The third-order valence-corrected chi connectivity index (χ3v) is 3.27. The number of hydrogen-bond acceptors (Lipinski definition) is 5. The van der Waals surface area contributed by atoms with Gasteiger partial charge in [0, 0.05) is 22.3 Å². The average molecular weight is 298 g/mol. The number of nitrogens with zero attached hydrogens (tertiary/aromatic N) is 1. The van der Waals surface area contributed by atoms with Crippen molar-refractivity contribution in [1.82, 2.24) is 0 Å². The Kier molecular flexibility index (Phi) is 4.45. The first-order chi connectivity index (χ1) is 8.29. The van der Waals surface area contributed by atoms with Gasteiger partial charge in [-0.15, -0.1) is 0 Å². The maximum Gasteiger partial charge on any atom is 0.387 e. The molecule has 0 atom stereocenters. The Labute approximate surface area is 106 Å². The molecule has 0 saturated carbocycles. The lowest BCUT2D eigenvalue weighted by Gasteiger charge is -2.10. The Bertz CT molecular complexity index is 597. The van der Waals surface area contributed by atoms with Gasteiger partial charge in [-0.1, -0.05) is 0 Å². The summed E-state index contributed by atoms with van der Waals surface area (Å²) in [4.78, 5) is -0.539. The summed E-state index contributed by atoms with van der Waals surface area (Å²) in [6.07, 6.45) is 0. The predicted molar refractivity (Wildman–Crippen MR) is 56.8 cm³/mol. The molecule has 0 fully saturated rings. The van der Waals surface area contributed by atoms with Gasteiger partial charge in [-0.3, -0.25) is 0 Å². The third-order valence-electron chi connectivity index (χ3n) is 1.94. The number of halogens is 3. The van der Waals surface area contributed by atoms with E-state index < -0.39 is 32.9 Å². The summed E-state index contributed by atoms with van der Waals surface area (Å²) in [7, 11) is 0.864. The minimum atomic E-state index is -4.19. The van der Waals surface area contributed by atoms with E-state index >= 15 is 0 Å². The SMILES string of the molecule is N#Cc1c(CO)cc(S(=O)(=O)Cl)cc1OC(F)F. The number of alkyl halides is 2. The van der Waals surface area contributed by atoms with E-state index in [1.165, 1.54) is 0 Å². The summed E-state index contributed by atoms with van der Waals surface area (Å²) in [5.74, 6) is -0.654. The second kappa shape index (κ2) is 5.48. The first-order valence-electron chi connectivity index (χ1n) is 4.37. The van der Waals surface area contributed by atoms with E-state index in [1.54, 1.807) is 6.07 Å². The molecule has 1 aromatic carbocycles. The van der Waals surface area contributed by atoms with E-state index in [0.29, 0.717) is 6.07 Å². The highest BCUT2D eigenvalue weighted by atomic mass is 35.7. The number of nitriles is 1. The van der Waals surface area contributed by atoms with Crippen molar-refractivity contribution >= 4 is 19.7 Å². The van der Waals surface area contributed by atoms with Gasteiger partial charge >= 0.3 is 6.61 Å². The van der Waals surface area contributed by atoms with Gasteiger partial charge in [0.1, 0.15) is 11.8 Å². The molecule has 0 aromatic heterocycles. The van der Waals surface area contributed by atoms with Crippen LogP contribution in [0, 0.1) is 11.3 Å². The molecule has 0 aliphatic heterocycles. The van der Waals surface area contributed by atoms with E-state index in [1.807, 2.05) is 0 Å². The molecule has 18 heavy (non-hydrogen) atoms. The van der Waals surface area contributed by atoms with E-state index in [0.717, 1.165) is 6.07 Å². The second-order valence-electron chi connectivity index (χ2n) is 3.04. The lowest BCUT2D eigenvalue weighted by Crippen LogP contribution is -2.07. The van der Waals surface area contributed by atoms with Gasteiger partial charge in [-0.2, -0.15) is 14.0 Å². The Morgan fingerprint density at radius 1 is 1.50 bits per heavy atom. The number of aliphatic hydroxyl groups is 1. The largest absolute Gasteiger partial charge is 0.433 e.